The molecule has 0 spiro atoms. The van der Waals surface area contributed by atoms with Crippen LogP contribution in [0.3, 0.4) is 0 Å². The Morgan fingerprint density at radius 2 is 2.00 bits per heavy atom. The predicted molar refractivity (Wildman–Crippen MR) is 109 cm³/mol. The molecule has 1 atom stereocenters. The van der Waals surface area contributed by atoms with Gasteiger partial charge in [0.25, 0.3) is 0 Å². The highest BCUT2D eigenvalue weighted by Crippen LogP contribution is 2.34. The fraction of sp³-hybridized carbons (Fsp3) is 0.286. The van der Waals surface area contributed by atoms with Gasteiger partial charge in [0, 0.05) is 11.7 Å². The molecule has 4 rings (SSSR count). The van der Waals surface area contributed by atoms with Gasteiger partial charge in [0.15, 0.2) is 0 Å². The van der Waals surface area contributed by atoms with E-state index in [4.69, 9.17) is 10.5 Å². The van der Waals surface area contributed by atoms with Gasteiger partial charge in [-0.15, -0.1) is 0 Å². The molecule has 1 unspecified atom stereocenters. The molecule has 0 bridgehead atoms. The second kappa shape index (κ2) is 8.40. The molecule has 1 aliphatic heterocycles. The second-order valence-corrected chi connectivity index (χ2v) is 6.97. The number of anilines is 3. The first-order valence-corrected chi connectivity index (χ1v) is 9.52. The number of methoxy groups -OCH3 is 1. The Kier molecular flexibility index (Phi) is 5.53. The summed E-state index contributed by atoms with van der Waals surface area (Å²) in [5.74, 6) is 1.64. The molecule has 8 heteroatoms. The Balaban J connectivity index is 1.52. The van der Waals surface area contributed by atoms with Gasteiger partial charge in [0.05, 0.1) is 13.7 Å². The summed E-state index contributed by atoms with van der Waals surface area (Å²) < 4.78 is 18.5. The zero-order valence-electron chi connectivity index (χ0n) is 16.2. The summed E-state index contributed by atoms with van der Waals surface area (Å²) in [4.78, 5) is 15.3. The lowest BCUT2D eigenvalue weighted by atomic mass is 10.0. The lowest BCUT2D eigenvalue weighted by Crippen LogP contribution is -2.24. The van der Waals surface area contributed by atoms with Crippen LogP contribution in [0, 0.1) is 5.82 Å². The Morgan fingerprint density at radius 3 is 2.79 bits per heavy atom. The topological polar surface area (TPSA) is 89.2 Å². The molecule has 1 aliphatic rings. The third-order valence-corrected chi connectivity index (χ3v) is 4.99. The molecule has 0 saturated carbocycles. The van der Waals surface area contributed by atoms with E-state index in [-0.39, 0.29) is 17.8 Å². The molecule has 1 fully saturated rings. The molecule has 7 nitrogen and oxygen atoms in total. The van der Waals surface area contributed by atoms with Gasteiger partial charge in [-0.1, -0.05) is 12.1 Å². The van der Waals surface area contributed by atoms with Crippen molar-refractivity contribution in [3.05, 3.63) is 65.7 Å². The molecule has 0 aliphatic carbocycles. The molecule has 1 aromatic heterocycles. The Morgan fingerprint density at radius 1 is 1.17 bits per heavy atom. The number of likely N-dealkylation sites (tertiary alicyclic amines) is 1. The van der Waals surface area contributed by atoms with Crippen molar-refractivity contribution in [3.8, 4) is 5.75 Å². The zero-order chi connectivity index (χ0) is 20.2. The number of hydrogen-bond donors (Lipinski definition) is 2. The third kappa shape index (κ3) is 4.60. The van der Waals surface area contributed by atoms with Crippen molar-refractivity contribution in [2.75, 3.05) is 24.7 Å². The van der Waals surface area contributed by atoms with Gasteiger partial charge in [-0.05, 0) is 61.3 Å². The maximum atomic E-state index is 13.1. The van der Waals surface area contributed by atoms with Crippen molar-refractivity contribution in [2.24, 2.45) is 0 Å². The molecular formula is C21H23FN6O. The van der Waals surface area contributed by atoms with Gasteiger partial charge in [0.1, 0.15) is 17.4 Å². The van der Waals surface area contributed by atoms with Gasteiger partial charge in [-0.2, -0.15) is 15.0 Å². The Bertz CT molecular complexity index is 981. The summed E-state index contributed by atoms with van der Waals surface area (Å²) in [5, 5.41) is 3.05. The number of ether oxygens (including phenoxy) is 1. The summed E-state index contributed by atoms with van der Waals surface area (Å²) in [6.45, 7) is 1.51. The van der Waals surface area contributed by atoms with Crippen LogP contribution in [-0.4, -0.2) is 33.5 Å². The molecule has 29 heavy (non-hydrogen) atoms. The fourth-order valence-electron chi connectivity index (χ4n) is 3.65. The van der Waals surface area contributed by atoms with Gasteiger partial charge < -0.3 is 15.8 Å². The van der Waals surface area contributed by atoms with Crippen molar-refractivity contribution in [1.82, 2.24) is 19.9 Å². The third-order valence-electron chi connectivity index (χ3n) is 4.99. The molecule has 150 valence electrons. The van der Waals surface area contributed by atoms with E-state index in [0.717, 1.165) is 25.1 Å². The summed E-state index contributed by atoms with van der Waals surface area (Å²) >= 11 is 0. The summed E-state index contributed by atoms with van der Waals surface area (Å²) in [5.41, 5.74) is 7.79. The average molecular weight is 394 g/mol. The molecule has 3 N–H and O–H groups in total. The van der Waals surface area contributed by atoms with Crippen LogP contribution < -0.4 is 15.8 Å². The highest BCUT2D eigenvalue weighted by atomic mass is 19.1. The smallest absolute Gasteiger partial charge is 0.232 e. The minimum Gasteiger partial charge on any atom is -0.497 e. The maximum Gasteiger partial charge on any atom is 0.232 e. The number of nitrogen functional groups attached to an aromatic ring is 1. The number of halogens is 1. The van der Waals surface area contributed by atoms with Gasteiger partial charge in [0.2, 0.25) is 11.9 Å². The van der Waals surface area contributed by atoms with Crippen LogP contribution in [0.5, 0.6) is 5.75 Å². The van der Waals surface area contributed by atoms with Crippen molar-refractivity contribution in [2.45, 2.75) is 25.4 Å². The Labute approximate surface area is 168 Å². The Hall–Kier alpha value is -3.26. The van der Waals surface area contributed by atoms with Crippen LogP contribution in [-0.2, 0) is 6.54 Å². The van der Waals surface area contributed by atoms with Crippen LogP contribution in [0.15, 0.2) is 48.5 Å². The van der Waals surface area contributed by atoms with Crippen molar-refractivity contribution in [1.29, 1.82) is 0 Å². The first-order chi connectivity index (χ1) is 14.1. The summed E-state index contributed by atoms with van der Waals surface area (Å²) in [7, 11) is 1.68. The number of benzene rings is 2. The van der Waals surface area contributed by atoms with Crippen LogP contribution >= 0.6 is 0 Å². The maximum absolute atomic E-state index is 13.1. The number of nitrogens with one attached hydrogen (secondary N) is 1. The minimum absolute atomic E-state index is 0.150. The summed E-state index contributed by atoms with van der Waals surface area (Å²) in [6, 6.07) is 14.4. The van der Waals surface area contributed by atoms with E-state index in [1.165, 1.54) is 17.7 Å². The van der Waals surface area contributed by atoms with E-state index in [1.807, 2.05) is 12.1 Å². The van der Waals surface area contributed by atoms with Crippen LogP contribution in [0.25, 0.3) is 0 Å². The van der Waals surface area contributed by atoms with Gasteiger partial charge in [-0.25, -0.2) is 4.39 Å². The van der Waals surface area contributed by atoms with E-state index in [2.05, 4.69) is 37.3 Å². The van der Waals surface area contributed by atoms with Crippen molar-refractivity contribution < 1.29 is 9.13 Å². The lowest BCUT2D eigenvalue weighted by Gasteiger charge is -2.24. The number of nitrogens with zero attached hydrogens (tertiary/aromatic N) is 4. The minimum atomic E-state index is -0.302. The normalized spacial score (nSPS) is 16.7. The molecule has 2 aromatic carbocycles. The van der Waals surface area contributed by atoms with Crippen molar-refractivity contribution >= 4 is 17.6 Å². The molecule has 2 heterocycles. The first kappa shape index (κ1) is 19.1. The monoisotopic (exact) mass is 394 g/mol. The van der Waals surface area contributed by atoms with Gasteiger partial charge >= 0.3 is 0 Å². The standard InChI is InChI=1S/C21H23FN6O/c1-29-17-5-2-4-14(12-17)18-6-3-11-28(18)13-19-25-20(23)27-21(26-19)24-16-9-7-15(22)8-10-16/h2,4-5,7-10,12,18H,3,6,11,13H2,1H3,(H3,23,24,25,26,27). The first-order valence-electron chi connectivity index (χ1n) is 9.52. The highest BCUT2D eigenvalue weighted by molar-refractivity contribution is 5.53. The van der Waals surface area contributed by atoms with Crippen LogP contribution in [0.2, 0.25) is 0 Å². The zero-order valence-corrected chi connectivity index (χ0v) is 16.2. The molecule has 0 amide bonds. The number of rotatable bonds is 6. The number of aromatic nitrogens is 3. The summed E-state index contributed by atoms with van der Waals surface area (Å²) in [6.07, 6.45) is 2.16. The SMILES string of the molecule is COc1cccc(C2CCCN2Cc2nc(N)nc(Nc3ccc(F)cc3)n2)c1. The fourth-order valence-corrected chi connectivity index (χ4v) is 3.65. The van der Waals surface area contributed by atoms with E-state index in [0.29, 0.717) is 24.0 Å². The van der Waals surface area contributed by atoms with E-state index in [1.54, 1.807) is 19.2 Å². The lowest BCUT2D eigenvalue weighted by molar-refractivity contribution is 0.242. The van der Waals surface area contributed by atoms with Crippen molar-refractivity contribution in [3.63, 3.8) is 0 Å². The number of nitrogens with two attached hydrogens (primary N) is 1. The molecular weight excluding hydrogens is 371 g/mol. The van der Waals surface area contributed by atoms with E-state index >= 15 is 0 Å². The molecule has 0 radical (unpaired) electrons. The average Bonchev–Trinajstić information content (AvgIpc) is 3.17. The largest absolute Gasteiger partial charge is 0.497 e. The van der Waals surface area contributed by atoms with Crippen LogP contribution in [0.4, 0.5) is 22.0 Å². The second-order valence-electron chi connectivity index (χ2n) is 6.97. The van der Waals surface area contributed by atoms with Gasteiger partial charge in [-0.3, -0.25) is 4.90 Å². The van der Waals surface area contributed by atoms with Crippen LogP contribution in [0.1, 0.15) is 30.3 Å². The molecule has 1 saturated heterocycles. The van der Waals surface area contributed by atoms with E-state index < -0.39 is 0 Å². The highest BCUT2D eigenvalue weighted by Gasteiger charge is 2.27. The molecule has 3 aromatic rings. The quantitative estimate of drug-likeness (QED) is 0.659. The van der Waals surface area contributed by atoms with E-state index in [9.17, 15) is 4.39 Å². The predicted octanol–water partition coefficient (Wildman–Crippen LogP) is 3.68. The number of hydrogen-bond acceptors (Lipinski definition) is 7.